The van der Waals surface area contributed by atoms with Gasteiger partial charge in [-0.15, -0.1) is 11.3 Å². The van der Waals surface area contributed by atoms with E-state index < -0.39 is 0 Å². The second-order valence-electron chi connectivity index (χ2n) is 7.99. The molecule has 1 atom stereocenters. The zero-order valence-corrected chi connectivity index (χ0v) is 20.6. The Kier molecular flexibility index (Phi) is 7.89. The van der Waals surface area contributed by atoms with Gasteiger partial charge < -0.3 is 19.9 Å². The summed E-state index contributed by atoms with van der Waals surface area (Å²) < 4.78 is 6.15. The first kappa shape index (κ1) is 24.5. The topological polar surface area (TPSA) is 74.4 Å². The van der Waals surface area contributed by atoms with Gasteiger partial charge in [-0.3, -0.25) is 9.59 Å². The van der Waals surface area contributed by atoms with Gasteiger partial charge in [-0.1, -0.05) is 18.7 Å². The maximum Gasteiger partial charge on any atom is 0.253 e. The number of aromatic nitrogens is 1. The molecule has 0 spiro atoms. The normalized spacial score (nSPS) is 16.1. The van der Waals surface area contributed by atoms with Crippen molar-refractivity contribution >= 4 is 17.2 Å². The van der Waals surface area contributed by atoms with E-state index in [4.69, 9.17) is 4.74 Å². The van der Waals surface area contributed by atoms with Crippen LogP contribution in [0.5, 0.6) is 0 Å². The molecule has 0 fully saturated rings. The molecule has 2 N–H and O–H groups in total. The second kappa shape index (κ2) is 10.6. The summed E-state index contributed by atoms with van der Waals surface area (Å²) in [5.41, 5.74) is 5.09. The summed E-state index contributed by atoms with van der Waals surface area (Å²) in [5, 5.41) is 4.94. The summed E-state index contributed by atoms with van der Waals surface area (Å²) in [4.78, 5) is 31.4. The Labute approximate surface area is 199 Å². The van der Waals surface area contributed by atoms with Crippen molar-refractivity contribution in [2.45, 2.75) is 53.9 Å². The van der Waals surface area contributed by atoms with E-state index in [0.717, 1.165) is 33.1 Å². The monoisotopic (exact) mass is 465 g/mol. The number of aryl methyl sites for hydroxylation is 2. The molecule has 3 rings (SSSR count). The van der Waals surface area contributed by atoms with Crippen molar-refractivity contribution < 1.29 is 9.53 Å². The number of rotatable bonds is 8. The van der Waals surface area contributed by atoms with Crippen LogP contribution in [0.15, 0.2) is 75.8 Å². The fourth-order valence-electron chi connectivity index (χ4n) is 3.99. The average molecular weight is 466 g/mol. The van der Waals surface area contributed by atoms with Gasteiger partial charge in [-0.2, -0.15) is 0 Å². The molecule has 0 radical (unpaired) electrons. The van der Waals surface area contributed by atoms with Gasteiger partial charge in [-0.05, 0) is 69.3 Å². The lowest BCUT2D eigenvalue weighted by Crippen LogP contribution is -2.34. The largest absolute Gasteiger partial charge is 0.367 e. The number of carbonyl (C=O) groups excluding carboxylic acids is 1. The molecule has 0 aliphatic carbocycles. The molecule has 0 bridgehead atoms. The minimum absolute atomic E-state index is 0.154. The van der Waals surface area contributed by atoms with Crippen LogP contribution in [0, 0.1) is 13.8 Å². The molecule has 0 saturated carbocycles. The third kappa shape index (κ3) is 5.43. The van der Waals surface area contributed by atoms with E-state index in [9.17, 15) is 9.59 Å². The van der Waals surface area contributed by atoms with E-state index in [0.29, 0.717) is 17.7 Å². The van der Waals surface area contributed by atoms with Gasteiger partial charge in [0.25, 0.3) is 11.5 Å². The smallest absolute Gasteiger partial charge is 0.253 e. The number of aromatic amines is 1. The van der Waals surface area contributed by atoms with E-state index in [1.54, 1.807) is 17.5 Å². The number of allylic oxidation sites excluding steroid dienone is 2. The van der Waals surface area contributed by atoms with Crippen LogP contribution in [0.25, 0.3) is 0 Å². The first-order valence-electron chi connectivity index (χ1n) is 10.9. The summed E-state index contributed by atoms with van der Waals surface area (Å²) in [6.45, 7) is 14.1. The van der Waals surface area contributed by atoms with Crippen molar-refractivity contribution in [3.63, 3.8) is 0 Å². The standard InChI is InChI=1S/C26H31N3O3S/c1-7-20-13-22(25(30)27-14-23-16(3)12-17(4)28-26(23)31)18(5)24(29(20)8-2)19(6)32-15-21-10-9-11-33-21/h7-13,19H,2,14-15H2,1,3-6H3,(H,27,30)(H,28,31)/b20-7-. The van der Waals surface area contributed by atoms with Gasteiger partial charge in [0, 0.05) is 40.1 Å². The Balaban J connectivity index is 1.86. The third-order valence-corrected chi connectivity index (χ3v) is 6.55. The molecule has 0 saturated heterocycles. The number of nitrogens with one attached hydrogen (secondary N) is 2. The number of carbonyl (C=O) groups is 1. The first-order chi connectivity index (χ1) is 15.8. The predicted molar refractivity (Wildman–Crippen MR) is 134 cm³/mol. The van der Waals surface area contributed by atoms with Gasteiger partial charge in [0.2, 0.25) is 0 Å². The predicted octanol–water partition coefficient (Wildman–Crippen LogP) is 4.84. The highest BCUT2D eigenvalue weighted by molar-refractivity contribution is 7.09. The fourth-order valence-corrected chi connectivity index (χ4v) is 4.62. The number of hydrogen-bond acceptors (Lipinski definition) is 5. The Morgan fingerprint density at radius 3 is 2.73 bits per heavy atom. The Morgan fingerprint density at radius 1 is 1.36 bits per heavy atom. The molecule has 0 aromatic carbocycles. The van der Waals surface area contributed by atoms with Gasteiger partial charge in [0.05, 0.1) is 18.4 Å². The highest BCUT2D eigenvalue weighted by atomic mass is 32.1. The van der Waals surface area contributed by atoms with E-state index in [-0.39, 0.29) is 24.1 Å². The Bertz CT molecular complexity index is 1190. The lowest BCUT2D eigenvalue weighted by molar-refractivity contribution is -0.117. The van der Waals surface area contributed by atoms with Crippen molar-refractivity contribution in [2.75, 3.05) is 0 Å². The molecule has 1 amide bonds. The minimum atomic E-state index is -0.265. The molecule has 1 aliphatic heterocycles. The lowest BCUT2D eigenvalue weighted by Gasteiger charge is -2.34. The maximum atomic E-state index is 13.2. The van der Waals surface area contributed by atoms with E-state index in [1.165, 1.54) is 0 Å². The molecule has 3 heterocycles. The van der Waals surface area contributed by atoms with Crippen molar-refractivity contribution in [3.05, 3.63) is 103 Å². The molecule has 174 valence electrons. The van der Waals surface area contributed by atoms with Crippen LogP contribution < -0.4 is 10.9 Å². The number of hydrogen-bond donors (Lipinski definition) is 2. The number of amides is 1. The quantitative estimate of drug-likeness (QED) is 0.585. The molecule has 2 aromatic heterocycles. The van der Waals surface area contributed by atoms with Crippen LogP contribution in [0.1, 0.15) is 42.5 Å². The molecule has 1 aliphatic rings. The summed E-state index contributed by atoms with van der Waals surface area (Å²) in [5.74, 6) is -0.238. The number of nitrogens with zero attached hydrogens (tertiary/aromatic N) is 1. The molecule has 7 heteroatoms. The number of H-pyrrole nitrogens is 1. The van der Waals surface area contributed by atoms with Gasteiger partial charge >= 0.3 is 0 Å². The van der Waals surface area contributed by atoms with Crippen molar-refractivity contribution in [1.82, 2.24) is 15.2 Å². The zero-order valence-electron chi connectivity index (χ0n) is 19.8. The lowest BCUT2D eigenvalue weighted by atomic mass is 9.95. The van der Waals surface area contributed by atoms with Crippen LogP contribution in [-0.2, 0) is 22.7 Å². The molecule has 33 heavy (non-hydrogen) atoms. The molecule has 2 aromatic rings. The fraction of sp³-hybridized carbons (Fsp3) is 0.308. The van der Waals surface area contributed by atoms with Crippen molar-refractivity contribution in [2.24, 2.45) is 0 Å². The third-order valence-electron chi connectivity index (χ3n) is 5.70. The Hall–Kier alpha value is -3.16. The van der Waals surface area contributed by atoms with E-state index in [2.05, 4.69) is 16.9 Å². The molecular formula is C26H31N3O3S. The number of thiophene rings is 1. The van der Waals surface area contributed by atoms with Crippen LogP contribution in [-0.4, -0.2) is 21.9 Å². The molecule has 6 nitrogen and oxygen atoms in total. The van der Waals surface area contributed by atoms with Crippen LogP contribution in [0.3, 0.4) is 0 Å². The van der Waals surface area contributed by atoms with Crippen LogP contribution in [0.2, 0.25) is 0 Å². The van der Waals surface area contributed by atoms with E-state index >= 15 is 0 Å². The highest BCUT2D eigenvalue weighted by Gasteiger charge is 2.28. The van der Waals surface area contributed by atoms with E-state index in [1.807, 2.05) is 75.2 Å². The van der Waals surface area contributed by atoms with Crippen molar-refractivity contribution in [1.29, 1.82) is 0 Å². The van der Waals surface area contributed by atoms with Crippen LogP contribution >= 0.6 is 11.3 Å². The minimum Gasteiger partial charge on any atom is -0.367 e. The zero-order chi connectivity index (χ0) is 24.1. The first-order valence-corrected chi connectivity index (χ1v) is 11.8. The second-order valence-corrected chi connectivity index (χ2v) is 9.02. The summed E-state index contributed by atoms with van der Waals surface area (Å²) in [6, 6.07) is 5.94. The number of ether oxygens (including phenoxy) is 1. The van der Waals surface area contributed by atoms with Gasteiger partial charge in [0.1, 0.15) is 0 Å². The number of pyridine rings is 1. The average Bonchev–Trinajstić information content (AvgIpc) is 3.29. The highest BCUT2D eigenvalue weighted by Crippen LogP contribution is 2.33. The Morgan fingerprint density at radius 2 is 2.12 bits per heavy atom. The van der Waals surface area contributed by atoms with Crippen LogP contribution in [0.4, 0.5) is 0 Å². The SMILES string of the molecule is C=CN1C(C(C)OCc2cccs2)=C(C)C(C(=O)NCc2c(C)cc(C)[nH]c2=O)=C/C1=C/C. The summed E-state index contributed by atoms with van der Waals surface area (Å²) in [6.07, 6.45) is 5.24. The molecular weight excluding hydrogens is 434 g/mol. The summed E-state index contributed by atoms with van der Waals surface area (Å²) in [7, 11) is 0. The van der Waals surface area contributed by atoms with Gasteiger partial charge in [-0.25, -0.2) is 0 Å². The summed E-state index contributed by atoms with van der Waals surface area (Å²) >= 11 is 1.65. The maximum absolute atomic E-state index is 13.2. The van der Waals surface area contributed by atoms with Crippen molar-refractivity contribution in [3.8, 4) is 0 Å². The van der Waals surface area contributed by atoms with Gasteiger partial charge in [0.15, 0.2) is 0 Å². The molecule has 1 unspecified atom stereocenters.